The SMILES string of the molecule is CC(C)/C(=N\C(=N)n1ccnc1)c1ccc2c(c1)C(C)(C)c1cc3c(cc1-2)C(C)(C)C(C)(C)C3(C)C. The Labute approximate surface area is 216 Å². The first-order valence-electron chi connectivity index (χ1n) is 13.1. The van der Waals surface area contributed by atoms with Gasteiger partial charge in [0, 0.05) is 17.8 Å². The molecule has 2 aromatic carbocycles. The van der Waals surface area contributed by atoms with Gasteiger partial charge in [0.15, 0.2) is 0 Å². The van der Waals surface area contributed by atoms with Crippen LogP contribution in [0.5, 0.6) is 0 Å². The molecule has 4 nitrogen and oxygen atoms in total. The molecule has 1 N–H and O–H groups in total. The number of nitrogens with zero attached hydrogens (tertiary/aromatic N) is 3. The average molecular weight is 481 g/mol. The number of rotatable bonds is 2. The van der Waals surface area contributed by atoms with Crippen LogP contribution in [0.3, 0.4) is 0 Å². The predicted octanol–water partition coefficient (Wildman–Crippen LogP) is 7.71. The van der Waals surface area contributed by atoms with E-state index in [9.17, 15) is 0 Å². The largest absolute Gasteiger partial charge is 0.275 e. The normalized spacial score (nSPS) is 20.2. The zero-order valence-electron chi connectivity index (χ0n) is 23.5. The second-order valence-electron chi connectivity index (χ2n) is 13.1. The van der Waals surface area contributed by atoms with Crippen molar-refractivity contribution in [3.8, 4) is 11.1 Å². The van der Waals surface area contributed by atoms with Crippen molar-refractivity contribution >= 4 is 11.7 Å². The van der Waals surface area contributed by atoms with Crippen molar-refractivity contribution in [1.29, 1.82) is 5.41 Å². The third-order valence-electron chi connectivity index (χ3n) is 10.1. The van der Waals surface area contributed by atoms with Gasteiger partial charge in [-0.3, -0.25) is 9.98 Å². The van der Waals surface area contributed by atoms with E-state index in [4.69, 9.17) is 10.4 Å². The molecule has 0 spiro atoms. The third kappa shape index (κ3) is 3.09. The number of hydrogen-bond acceptors (Lipinski definition) is 2. The van der Waals surface area contributed by atoms with Crippen LogP contribution in [-0.4, -0.2) is 21.2 Å². The summed E-state index contributed by atoms with van der Waals surface area (Å²) < 4.78 is 1.64. The van der Waals surface area contributed by atoms with Gasteiger partial charge >= 0.3 is 0 Å². The first-order valence-corrected chi connectivity index (χ1v) is 13.1. The standard InChI is InChI=1S/C32H40N4/c1-19(2)27(35-28(33)36-14-13-34-18-36)20-11-12-21-22-16-25-26(17-24(22)29(3,4)23(21)15-20)31(7,8)32(9,10)30(25,5)6/h11-19,33H,1-10H3/b33-28?,35-27+. The minimum absolute atomic E-state index is 0.0822. The quantitative estimate of drug-likeness (QED) is 0.296. The van der Waals surface area contributed by atoms with Crippen molar-refractivity contribution in [2.75, 3.05) is 0 Å². The van der Waals surface area contributed by atoms with Crippen LogP contribution in [0.4, 0.5) is 0 Å². The van der Waals surface area contributed by atoms with Crippen LogP contribution in [0.1, 0.15) is 97.1 Å². The molecular weight excluding hydrogens is 440 g/mol. The molecule has 3 aromatic rings. The number of nitrogens with one attached hydrogen (secondary N) is 1. The number of hydrogen-bond donors (Lipinski definition) is 1. The van der Waals surface area contributed by atoms with E-state index in [1.54, 1.807) is 23.3 Å². The Morgan fingerprint density at radius 3 is 2.03 bits per heavy atom. The van der Waals surface area contributed by atoms with Crippen molar-refractivity contribution in [3.63, 3.8) is 0 Å². The van der Waals surface area contributed by atoms with Crippen LogP contribution in [0.25, 0.3) is 11.1 Å². The summed E-state index contributed by atoms with van der Waals surface area (Å²) >= 11 is 0. The lowest BCUT2D eigenvalue weighted by Gasteiger charge is -2.44. The second-order valence-corrected chi connectivity index (χ2v) is 13.1. The molecule has 0 fully saturated rings. The highest BCUT2D eigenvalue weighted by molar-refractivity contribution is 6.08. The fourth-order valence-electron chi connectivity index (χ4n) is 6.51. The van der Waals surface area contributed by atoms with E-state index in [-0.39, 0.29) is 33.5 Å². The Bertz CT molecular complexity index is 1410. The molecule has 36 heavy (non-hydrogen) atoms. The third-order valence-corrected chi connectivity index (χ3v) is 10.1. The van der Waals surface area contributed by atoms with Crippen LogP contribution in [0.15, 0.2) is 54.0 Å². The van der Waals surface area contributed by atoms with Crippen LogP contribution in [-0.2, 0) is 16.2 Å². The Morgan fingerprint density at radius 1 is 0.833 bits per heavy atom. The highest BCUT2D eigenvalue weighted by atomic mass is 15.2. The molecule has 0 unspecified atom stereocenters. The van der Waals surface area contributed by atoms with Gasteiger partial charge in [-0.25, -0.2) is 9.98 Å². The van der Waals surface area contributed by atoms with Crippen molar-refractivity contribution in [2.24, 2.45) is 16.3 Å². The van der Waals surface area contributed by atoms with E-state index in [1.165, 1.54) is 33.4 Å². The lowest BCUT2D eigenvalue weighted by atomic mass is 9.59. The molecule has 0 saturated carbocycles. The summed E-state index contributed by atoms with van der Waals surface area (Å²) in [6.07, 6.45) is 5.06. The van der Waals surface area contributed by atoms with Gasteiger partial charge in [0.05, 0.1) is 5.71 Å². The molecule has 0 amide bonds. The summed E-state index contributed by atoms with van der Waals surface area (Å²) in [5, 5.41) is 8.47. The number of imidazole rings is 1. The summed E-state index contributed by atoms with van der Waals surface area (Å²) in [5.41, 5.74) is 10.7. The molecule has 0 aliphatic heterocycles. The van der Waals surface area contributed by atoms with Crippen molar-refractivity contribution < 1.29 is 0 Å². The first-order chi connectivity index (χ1) is 16.6. The lowest BCUT2D eigenvalue weighted by molar-refractivity contribution is 0.125. The molecule has 0 radical (unpaired) electrons. The van der Waals surface area contributed by atoms with Crippen LogP contribution in [0.2, 0.25) is 0 Å². The Morgan fingerprint density at radius 2 is 1.44 bits per heavy atom. The van der Waals surface area contributed by atoms with E-state index < -0.39 is 0 Å². The average Bonchev–Trinajstić information content (AvgIpc) is 3.44. The van der Waals surface area contributed by atoms with Gasteiger partial charge in [-0.2, -0.15) is 0 Å². The predicted molar refractivity (Wildman–Crippen MR) is 151 cm³/mol. The zero-order valence-corrected chi connectivity index (χ0v) is 23.5. The fourth-order valence-corrected chi connectivity index (χ4v) is 6.51. The summed E-state index contributed by atoms with van der Waals surface area (Å²) in [6, 6.07) is 11.8. The van der Waals surface area contributed by atoms with Gasteiger partial charge in [0.25, 0.3) is 0 Å². The van der Waals surface area contributed by atoms with E-state index in [2.05, 4.69) is 105 Å². The van der Waals surface area contributed by atoms with Gasteiger partial charge in [-0.15, -0.1) is 0 Å². The highest BCUT2D eigenvalue weighted by Gasteiger charge is 2.57. The summed E-state index contributed by atoms with van der Waals surface area (Å²) in [4.78, 5) is 8.80. The Kier molecular flexibility index (Phi) is 5.14. The molecule has 0 bridgehead atoms. The minimum atomic E-state index is -0.109. The molecule has 5 rings (SSSR count). The lowest BCUT2D eigenvalue weighted by Crippen LogP contribution is -2.42. The first kappa shape index (κ1) is 24.7. The van der Waals surface area contributed by atoms with Crippen molar-refractivity contribution in [2.45, 2.75) is 85.5 Å². The monoisotopic (exact) mass is 480 g/mol. The zero-order chi connectivity index (χ0) is 26.4. The van der Waals surface area contributed by atoms with E-state index in [0.29, 0.717) is 0 Å². The van der Waals surface area contributed by atoms with Gasteiger partial charge in [-0.1, -0.05) is 87.4 Å². The molecule has 2 aliphatic rings. The van der Waals surface area contributed by atoms with Gasteiger partial charge in [-0.05, 0) is 73.2 Å². The van der Waals surface area contributed by atoms with Crippen LogP contribution >= 0.6 is 0 Å². The highest BCUT2D eigenvalue weighted by Crippen LogP contribution is 2.63. The molecule has 1 heterocycles. The van der Waals surface area contributed by atoms with E-state index in [0.717, 1.165) is 11.3 Å². The topological polar surface area (TPSA) is 54.0 Å². The molecule has 188 valence electrons. The molecule has 1 aromatic heterocycles. The van der Waals surface area contributed by atoms with Gasteiger partial charge in [0.2, 0.25) is 5.96 Å². The number of benzene rings is 2. The number of fused-ring (bicyclic) bond motifs is 4. The summed E-state index contributed by atoms with van der Waals surface area (Å²) in [7, 11) is 0. The van der Waals surface area contributed by atoms with Crippen molar-refractivity contribution in [3.05, 3.63) is 76.9 Å². The summed E-state index contributed by atoms with van der Waals surface area (Å²) in [5.74, 6) is 0.370. The van der Waals surface area contributed by atoms with Gasteiger partial charge < -0.3 is 0 Å². The smallest absolute Gasteiger partial charge is 0.227 e. The van der Waals surface area contributed by atoms with Crippen molar-refractivity contribution in [1.82, 2.24) is 9.55 Å². The minimum Gasteiger partial charge on any atom is -0.275 e. The fraction of sp³-hybridized carbons (Fsp3) is 0.469. The maximum absolute atomic E-state index is 8.47. The molecule has 0 saturated heterocycles. The maximum Gasteiger partial charge on any atom is 0.227 e. The number of aliphatic imine (C=N–C) groups is 1. The molecule has 2 aliphatic carbocycles. The molecular formula is C32H40N4. The Hall–Kier alpha value is -3.01. The number of aromatic nitrogens is 2. The van der Waals surface area contributed by atoms with E-state index >= 15 is 0 Å². The Balaban J connectivity index is 1.66. The van der Waals surface area contributed by atoms with Crippen LogP contribution in [0, 0.1) is 16.7 Å². The molecule has 4 heteroatoms. The van der Waals surface area contributed by atoms with Gasteiger partial charge in [0.1, 0.15) is 6.33 Å². The van der Waals surface area contributed by atoms with E-state index in [1.807, 2.05) is 0 Å². The maximum atomic E-state index is 8.47. The molecule has 0 atom stereocenters. The second kappa shape index (κ2) is 7.50. The van der Waals surface area contributed by atoms with Crippen LogP contribution < -0.4 is 0 Å². The summed E-state index contributed by atoms with van der Waals surface area (Å²) in [6.45, 7) is 23.5.